The number of hydrogen-bond donors (Lipinski definition) is 1. The number of nitrogens with one attached hydrogen (secondary N) is 1. The van der Waals surface area contributed by atoms with Gasteiger partial charge in [0.2, 0.25) is 0 Å². The molecule has 1 fully saturated rings. The van der Waals surface area contributed by atoms with Crippen molar-refractivity contribution in [2.24, 2.45) is 0 Å². The fraction of sp³-hybridized carbons (Fsp3) is 0.812. The van der Waals surface area contributed by atoms with Gasteiger partial charge in [0, 0.05) is 30.5 Å². The van der Waals surface area contributed by atoms with Gasteiger partial charge in [-0.05, 0) is 45.4 Å². The Kier molecular flexibility index (Phi) is 4.16. The highest BCUT2D eigenvalue weighted by Gasteiger charge is 2.33. The number of aryl methyl sites for hydroxylation is 1. The molecule has 4 heteroatoms. The fourth-order valence-electron chi connectivity index (χ4n) is 2.91. The second-order valence-electron chi connectivity index (χ2n) is 6.39. The summed E-state index contributed by atoms with van der Waals surface area (Å²) in [5, 5.41) is 4.85. The first kappa shape index (κ1) is 14.5. The van der Waals surface area contributed by atoms with Crippen LogP contribution in [0, 0.1) is 0 Å². The van der Waals surface area contributed by atoms with E-state index in [1.54, 1.807) is 7.11 Å². The van der Waals surface area contributed by atoms with Gasteiger partial charge in [-0.1, -0.05) is 6.92 Å². The molecular weight excluding hydrogens is 268 g/mol. The van der Waals surface area contributed by atoms with E-state index in [9.17, 15) is 0 Å². The van der Waals surface area contributed by atoms with Crippen LogP contribution in [0.5, 0.6) is 0 Å². The van der Waals surface area contributed by atoms with Crippen LogP contribution in [0.3, 0.4) is 0 Å². The van der Waals surface area contributed by atoms with Crippen LogP contribution in [0.2, 0.25) is 0 Å². The van der Waals surface area contributed by atoms with Gasteiger partial charge >= 0.3 is 0 Å². The molecule has 2 aliphatic carbocycles. The third kappa shape index (κ3) is 2.78. The molecule has 0 saturated heterocycles. The molecule has 1 saturated carbocycles. The molecule has 3 rings (SSSR count). The molecule has 0 aliphatic heterocycles. The molecule has 2 atom stereocenters. The largest absolute Gasteiger partial charge is 0.371 e. The minimum absolute atomic E-state index is 0.212. The highest BCUT2D eigenvalue weighted by Crippen LogP contribution is 2.40. The second kappa shape index (κ2) is 5.74. The summed E-state index contributed by atoms with van der Waals surface area (Å²) >= 11 is 1.88. The Morgan fingerprint density at radius 1 is 1.40 bits per heavy atom. The van der Waals surface area contributed by atoms with E-state index in [2.05, 4.69) is 19.2 Å². The Morgan fingerprint density at radius 3 is 2.85 bits per heavy atom. The zero-order valence-electron chi connectivity index (χ0n) is 12.9. The first-order chi connectivity index (χ1) is 9.66. The molecular formula is C16H26N2OS. The average Bonchev–Trinajstić information content (AvgIpc) is 3.20. The van der Waals surface area contributed by atoms with Crippen molar-refractivity contribution in [1.29, 1.82) is 0 Å². The summed E-state index contributed by atoms with van der Waals surface area (Å²) in [6.07, 6.45) is 7.49. The highest BCUT2D eigenvalue weighted by atomic mass is 32.1. The second-order valence-corrected chi connectivity index (χ2v) is 7.47. The van der Waals surface area contributed by atoms with Gasteiger partial charge in [-0.15, -0.1) is 11.3 Å². The summed E-state index contributed by atoms with van der Waals surface area (Å²) in [6.45, 7) is 5.45. The lowest BCUT2D eigenvalue weighted by Crippen LogP contribution is -2.26. The van der Waals surface area contributed by atoms with E-state index in [0.29, 0.717) is 5.92 Å². The van der Waals surface area contributed by atoms with Crippen LogP contribution in [0.1, 0.15) is 67.4 Å². The quantitative estimate of drug-likeness (QED) is 0.870. The number of aromatic nitrogens is 1. The van der Waals surface area contributed by atoms with Crippen LogP contribution in [-0.2, 0) is 16.8 Å². The van der Waals surface area contributed by atoms with E-state index in [4.69, 9.17) is 9.72 Å². The zero-order chi connectivity index (χ0) is 14.2. The van der Waals surface area contributed by atoms with Crippen molar-refractivity contribution >= 4 is 11.3 Å². The lowest BCUT2D eigenvalue weighted by Gasteiger charge is -2.24. The van der Waals surface area contributed by atoms with Crippen molar-refractivity contribution in [2.45, 2.75) is 69.9 Å². The van der Waals surface area contributed by atoms with E-state index in [1.165, 1.54) is 47.7 Å². The number of hydrogen-bond acceptors (Lipinski definition) is 4. The molecule has 0 bridgehead atoms. The minimum atomic E-state index is -0.212. The molecule has 1 N–H and O–H groups in total. The normalized spacial score (nSPS) is 25.2. The number of methoxy groups -OCH3 is 1. The van der Waals surface area contributed by atoms with Crippen LogP contribution >= 0.6 is 11.3 Å². The van der Waals surface area contributed by atoms with Gasteiger partial charge in [-0.2, -0.15) is 0 Å². The van der Waals surface area contributed by atoms with Gasteiger partial charge in [0.25, 0.3) is 0 Å². The van der Waals surface area contributed by atoms with E-state index in [0.717, 1.165) is 19.0 Å². The maximum atomic E-state index is 5.73. The van der Waals surface area contributed by atoms with Gasteiger partial charge in [0.15, 0.2) is 0 Å². The molecule has 1 aromatic heterocycles. The molecule has 1 heterocycles. The Bertz CT molecular complexity index is 463. The Morgan fingerprint density at radius 2 is 2.20 bits per heavy atom. The third-order valence-corrected chi connectivity index (χ3v) is 6.25. The Labute approximate surface area is 126 Å². The van der Waals surface area contributed by atoms with Gasteiger partial charge in [-0.3, -0.25) is 0 Å². The molecule has 20 heavy (non-hydrogen) atoms. The van der Waals surface area contributed by atoms with E-state index in [1.807, 2.05) is 11.3 Å². The predicted molar refractivity (Wildman–Crippen MR) is 83.5 cm³/mol. The first-order valence-corrected chi connectivity index (χ1v) is 8.76. The van der Waals surface area contributed by atoms with Crippen LogP contribution in [0.15, 0.2) is 0 Å². The van der Waals surface area contributed by atoms with Gasteiger partial charge in [-0.25, -0.2) is 4.98 Å². The van der Waals surface area contributed by atoms with Gasteiger partial charge in [0.1, 0.15) is 10.6 Å². The van der Waals surface area contributed by atoms with Crippen molar-refractivity contribution < 1.29 is 4.74 Å². The molecule has 3 nitrogen and oxygen atoms in total. The smallest absolute Gasteiger partial charge is 0.125 e. The number of nitrogens with zero attached hydrogens (tertiary/aromatic N) is 1. The van der Waals surface area contributed by atoms with Crippen molar-refractivity contribution in [3.8, 4) is 0 Å². The molecule has 2 aliphatic rings. The first-order valence-electron chi connectivity index (χ1n) is 7.95. The van der Waals surface area contributed by atoms with Crippen LogP contribution in [0.25, 0.3) is 0 Å². The number of ether oxygens (including phenoxy) is 1. The number of fused-ring (bicyclic) bond motifs is 1. The monoisotopic (exact) mass is 294 g/mol. The standard InChI is InChI=1S/C16H26N2OS/c1-4-16(2,19-3)15-18-14-11(10-17-12-8-9-12)6-5-7-13(14)20-15/h11-12,17H,4-10H2,1-3H3. The zero-order valence-corrected chi connectivity index (χ0v) is 13.7. The Hall–Kier alpha value is -0.450. The number of rotatable bonds is 6. The summed E-state index contributed by atoms with van der Waals surface area (Å²) in [4.78, 5) is 6.50. The predicted octanol–water partition coefficient (Wildman–Crippen LogP) is 3.59. The topological polar surface area (TPSA) is 34.1 Å². The van der Waals surface area contributed by atoms with Crippen molar-refractivity contribution in [2.75, 3.05) is 13.7 Å². The lowest BCUT2D eigenvalue weighted by molar-refractivity contribution is -0.00170. The molecule has 0 aromatic carbocycles. The molecule has 2 unspecified atom stereocenters. The van der Waals surface area contributed by atoms with Gasteiger partial charge < -0.3 is 10.1 Å². The highest BCUT2D eigenvalue weighted by molar-refractivity contribution is 7.11. The third-order valence-electron chi connectivity index (χ3n) is 4.88. The number of thiazole rings is 1. The van der Waals surface area contributed by atoms with Crippen molar-refractivity contribution in [3.63, 3.8) is 0 Å². The maximum Gasteiger partial charge on any atom is 0.125 e. The van der Waals surface area contributed by atoms with E-state index >= 15 is 0 Å². The maximum absolute atomic E-state index is 5.73. The summed E-state index contributed by atoms with van der Waals surface area (Å²) in [7, 11) is 1.80. The lowest BCUT2D eigenvalue weighted by atomic mass is 9.91. The van der Waals surface area contributed by atoms with Crippen molar-refractivity contribution in [3.05, 3.63) is 15.6 Å². The van der Waals surface area contributed by atoms with Crippen LogP contribution in [0.4, 0.5) is 0 Å². The van der Waals surface area contributed by atoms with E-state index < -0.39 is 0 Å². The molecule has 0 amide bonds. The summed E-state index contributed by atoms with van der Waals surface area (Å²) in [5.41, 5.74) is 1.15. The van der Waals surface area contributed by atoms with Crippen LogP contribution in [-0.4, -0.2) is 24.7 Å². The average molecular weight is 294 g/mol. The molecule has 112 valence electrons. The van der Waals surface area contributed by atoms with E-state index in [-0.39, 0.29) is 5.60 Å². The fourth-order valence-corrected chi connectivity index (χ4v) is 4.30. The van der Waals surface area contributed by atoms with Crippen molar-refractivity contribution in [1.82, 2.24) is 10.3 Å². The summed E-state index contributed by atoms with van der Waals surface area (Å²) < 4.78 is 5.73. The van der Waals surface area contributed by atoms with Gasteiger partial charge in [0.05, 0.1) is 5.69 Å². The minimum Gasteiger partial charge on any atom is -0.371 e. The summed E-state index contributed by atoms with van der Waals surface area (Å²) in [6, 6.07) is 0.790. The SMILES string of the molecule is CCC(C)(OC)c1nc2c(s1)CCCC2CNC1CC1. The Balaban J connectivity index is 1.80. The van der Waals surface area contributed by atoms with Crippen LogP contribution < -0.4 is 5.32 Å². The summed E-state index contributed by atoms with van der Waals surface area (Å²) in [5.74, 6) is 0.613. The molecule has 0 radical (unpaired) electrons. The molecule has 0 spiro atoms. The molecule has 1 aromatic rings.